The van der Waals surface area contributed by atoms with Crippen molar-refractivity contribution in [1.29, 1.82) is 0 Å². The van der Waals surface area contributed by atoms with E-state index in [0.717, 1.165) is 24.2 Å². The Balaban J connectivity index is 2.05. The number of hydrazine groups is 1. The summed E-state index contributed by atoms with van der Waals surface area (Å²) in [6, 6.07) is 8.04. The van der Waals surface area contributed by atoms with Crippen LogP contribution >= 0.6 is 0 Å². The topological polar surface area (TPSA) is 81.4 Å². The second kappa shape index (κ2) is 6.56. The van der Waals surface area contributed by atoms with E-state index in [1.807, 2.05) is 18.2 Å². The average molecular weight is 298 g/mol. The third-order valence-corrected chi connectivity index (χ3v) is 4.77. The summed E-state index contributed by atoms with van der Waals surface area (Å²) in [5.74, 6) is 7.05. The summed E-state index contributed by atoms with van der Waals surface area (Å²) in [5, 5.41) is 0. The molecule has 0 amide bonds. The van der Waals surface area contributed by atoms with Crippen molar-refractivity contribution < 1.29 is 13.2 Å². The van der Waals surface area contributed by atoms with E-state index in [2.05, 4.69) is 11.5 Å². The van der Waals surface area contributed by atoms with Gasteiger partial charge < -0.3 is 4.74 Å². The maximum atomic E-state index is 11.2. The van der Waals surface area contributed by atoms with Crippen LogP contribution in [0.2, 0.25) is 0 Å². The van der Waals surface area contributed by atoms with Crippen LogP contribution in [0.25, 0.3) is 0 Å². The standard InChI is InChI=1S/C14H22N2O3S/c1-20(17,18)10-4-6-13(16-15)11-8-9-19-14-7-3-2-5-12(11)14/h2-3,5,7,11,13,16H,4,6,8-10,15H2,1H3. The number of ether oxygens (including phenoxy) is 1. The van der Waals surface area contributed by atoms with Gasteiger partial charge in [0.15, 0.2) is 0 Å². The first-order valence-electron chi connectivity index (χ1n) is 6.87. The molecule has 1 aliphatic rings. The SMILES string of the molecule is CS(=O)(=O)CCCC(NN)C1CCOc2ccccc21. The number of benzene rings is 1. The van der Waals surface area contributed by atoms with Gasteiger partial charge in [-0.2, -0.15) is 0 Å². The first-order valence-corrected chi connectivity index (χ1v) is 8.93. The van der Waals surface area contributed by atoms with Gasteiger partial charge in [-0.05, 0) is 30.9 Å². The van der Waals surface area contributed by atoms with Crippen LogP contribution in [0.4, 0.5) is 0 Å². The minimum Gasteiger partial charge on any atom is -0.493 e. The van der Waals surface area contributed by atoms with E-state index >= 15 is 0 Å². The zero-order valence-electron chi connectivity index (χ0n) is 11.7. The van der Waals surface area contributed by atoms with Crippen molar-refractivity contribution >= 4 is 9.84 Å². The fourth-order valence-electron chi connectivity index (χ4n) is 2.75. The Morgan fingerprint density at radius 1 is 1.45 bits per heavy atom. The van der Waals surface area contributed by atoms with E-state index in [1.165, 1.54) is 6.26 Å². The zero-order chi connectivity index (χ0) is 14.6. The highest BCUT2D eigenvalue weighted by Gasteiger charge is 2.28. The van der Waals surface area contributed by atoms with E-state index in [4.69, 9.17) is 10.6 Å². The zero-order valence-corrected chi connectivity index (χ0v) is 12.5. The molecule has 2 rings (SSSR count). The van der Waals surface area contributed by atoms with Crippen molar-refractivity contribution in [1.82, 2.24) is 5.43 Å². The van der Waals surface area contributed by atoms with Gasteiger partial charge in [-0.25, -0.2) is 8.42 Å². The summed E-state index contributed by atoms with van der Waals surface area (Å²) >= 11 is 0. The predicted octanol–water partition coefficient (Wildman–Crippen LogP) is 1.21. The van der Waals surface area contributed by atoms with E-state index in [0.29, 0.717) is 13.0 Å². The number of hydrogen-bond acceptors (Lipinski definition) is 5. The largest absolute Gasteiger partial charge is 0.493 e. The Kier molecular flexibility index (Phi) is 5.01. The second-order valence-electron chi connectivity index (χ2n) is 5.33. The third kappa shape index (κ3) is 3.94. The molecular formula is C14H22N2O3S. The summed E-state index contributed by atoms with van der Waals surface area (Å²) in [4.78, 5) is 0. The normalized spacial score (nSPS) is 20.0. The lowest BCUT2D eigenvalue weighted by molar-refractivity contribution is 0.241. The maximum absolute atomic E-state index is 11.2. The number of rotatable bonds is 6. The molecule has 0 aromatic heterocycles. The monoisotopic (exact) mass is 298 g/mol. The molecule has 6 heteroatoms. The summed E-state index contributed by atoms with van der Waals surface area (Å²) < 4.78 is 28.1. The van der Waals surface area contributed by atoms with E-state index in [9.17, 15) is 8.42 Å². The molecule has 1 aromatic carbocycles. The van der Waals surface area contributed by atoms with E-state index in [1.54, 1.807) is 0 Å². The quantitative estimate of drug-likeness (QED) is 0.609. The van der Waals surface area contributed by atoms with Crippen molar-refractivity contribution in [3.05, 3.63) is 29.8 Å². The molecule has 1 heterocycles. The minimum atomic E-state index is -2.91. The van der Waals surface area contributed by atoms with Crippen LogP contribution in [0.15, 0.2) is 24.3 Å². The highest BCUT2D eigenvalue weighted by molar-refractivity contribution is 7.90. The molecule has 1 aromatic rings. The average Bonchev–Trinajstić information content (AvgIpc) is 2.42. The number of para-hydroxylation sites is 1. The van der Waals surface area contributed by atoms with Crippen LogP contribution in [0.1, 0.15) is 30.7 Å². The van der Waals surface area contributed by atoms with Crippen molar-refractivity contribution in [2.45, 2.75) is 31.2 Å². The van der Waals surface area contributed by atoms with Crippen LogP contribution in [-0.2, 0) is 9.84 Å². The van der Waals surface area contributed by atoms with Crippen molar-refractivity contribution in [2.75, 3.05) is 18.6 Å². The molecule has 0 fully saturated rings. The molecule has 2 unspecified atom stereocenters. The summed E-state index contributed by atoms with van der Waals surface area (Å²) in [7, 11) is -2.91. The summed E-state index contributed by atoms with van der Waals surface area (Å²) in [6.07, 6.45) is 3.52. The molecule has 0 saturated heterocycles. The molecular weight excluding hydrogens is 276 g/mol. The second-order valence-corrected chi connectivity index (χ2v) is 7.59. The first kappa shape index (κ1) is 15.3. The highest BCUT2D eigenvalue weighted by atomic mass is 32.2. The van der Waals surface area contributed by atoms with Gasteiger partial charge in [0.2, 0.25) is 0 Å². The Hall–Kier alpha value is -1.11. The van der Waals surface area contributed by atoms with Crippen molar-refractivity contribution in [3.63, 3.8) is 0 Å². The fraction of sp³-hybridized carbons (Fsp3) is 0.571. The number of sulfone groups is 1. The third-order valence-electron chi connectivity index (χ3n) is 3.73. The number of nitrogens with two attached hydrogens (primary N) is 1. The molecule has 112 valence electrons. The van der Waals surface area contributed by atoms with Gasteiger partial charge >= 0.3 is 0 Å². The van der Waals surface area contributed by atoms with Crippen molar-refractivity contribution in [3.8, 4) is 5.75 Å². The molecule has 0 saturated carbocycles. The minimum absolute atomic E-state index is 0.0711. The molecule has 5 nitrogen and oxygen atoms in total. The highest BCUT2D eigenvalue weighted by Crippen LogP contribution is 2.36. The molecule has 1 aliphatic heterocycles. The van der Waals surface area contributed by atoms with Crippen molar-refractivity contribution in [2.24, 2.45) is 5.84 Å². The molecule has 0 radical (unpaired) electrons. The van der Waals surface area contributed by atoms with Crippen LogP contribution in [-0.4, -0.2) is 33.1 Å². The van der Waals surface area contributed by atoms with Crippen LogP contribution in [0.3, 0.4) is 0 Å². The van der Waals surface area contributed by atoms with E-state index < -0.39 is 9.84 Å². The summed E-state index contributed by atoms with van der Waals surface area (Å²) in [5.41, 5.74) is 4.00. The Labute approximate surface area is 120 Å². The van der Waals surface area contributed by atoms with E-state index in [-0.39, 0.29) is 17.7 Å². The van der Waals surface area contributed by atoms with Gasteiger partial charge in [0.05, 0.1) is 6.61 Å². The van der Waals surface area contributed by atoms with Crippen LogP contribution in [0, 0.1) is 0 Å². The number of fused-ring (bicyclic) bond motifs is 1. The molecule has 0 spiro atoms. The molecule has 0 aliphatic carbocycles. The van der Waals surface area contributed by atoms with Gasteiger partial charge in [-0.3, -0.25) is 11.3 Å². The number of nitrogens with one attached hydrogen (secondary N) is 1. The van der Waals surface area contributed by atoms with Gasteiger partial charge in [0.1, 0.15) is 15.6 Å². The van der Waals surface area contributed by atoms with Gasteiger partial charge in [0, 0.05) is 24.0 Å². The Morgan fingerprint density at radius 2 is 2.20 bits per heavy atom. The van der Waals surface area contributed by atoms with Gasteiger partial charge in [-0.1, -0.05) is 18.2 Å². The molecule has 0 bridgehead atoms. The molecule has 3 N–H and O–H groups in total. The number of hydrogen-bond donors (Lipinski definition) is 2. The smallest absolute Gasteiger partial charge is 0.147 e. The molecule has 2 atom stereocenters. The Bertz CT molecular complexity index is 545. The van der Waals surface area contributed by atoms with Gasteiger partial charge in [0.25, 0.3) is 0 Å². The Morgan fingerprint density at radius 3 is 2.90 bits per heavy atom. The summed E-state index contributed by atoms with van der Waals surface area (Å²) in [6.45, 7) is 0.673. The molecule has 20 heavy (non-hydrogen) atoms. The van der Waals surface area contributed by atoms with Crippen LogP contribution < -0.4 is 16.0 Å². The lowest BCUT2D eigenvalue weighted by atomic mass is 9.85. The van der Waals surface area contributed by atoms with Gasteiger partial charge in [-0.15, -0.1) is 0 Å². The van der Waals surface area contributed by atoms with Crippen LogP contribution in [0.5, 0.6) is 5.75 Å². The predicted molar refractivity (Wildman–Crippen MR) is 79.4 cm³/mol. The fourth-order valence-corrected chi connectivity index (χ4v) is 3.44. The lowest BCUT2D eigenvalue weighted by Crippen LogP contribution is -2.41. The first-order chi connectivity index (χ1) is 9.51. The maximum Gasteiger partial charge on any atom is 0.147 e. The lowest BCUT2D eigenvalue weighted by Gasteiger charge is -2.32.